The van der Waals surface area contributed by atoms with Gasteiger partial charge in [-0.2, -0.15) is 13.2 Å². The second-order valence-corrected chi connectivity index (χ2v) is 6.73. The molecule has 0 radical (unpaired) electrons. The minimum atomic E-state index is -4.93. The van der Waals surface area contributed by atoms with Gasteiger partial charge >= 0.3 is 6.18 Å². The molecule has 0 bridgehead atoms. The molecule has 2 rings (SSSR count). The number of benzene rings is 1. The van der Waals surface area contributed by atoms with Gasteiger partial charge in [0.05, 0.1) is 5.02 Å². The lowest BCUT2D eigenvalue weighted by Gasteiger charge is -2.20. The lowest BCUT2D eigenvalue weighted by molar-refractivity contribution is -0.228. The molecule has 2 unspecified atom stereocenters. The van der Waals surface area contributed by atoms with Crippen LogP contribution < -0.4 is 10.5 Å². The third kappa shape index (κ3) is 4.79. The molecule has 28 heavy (non-hydrogen) atoms. The van der Waals surface area contributed by atoms with Gasteiger partial charge in [-0.05, 0) is 26.0 Å². The van der Waals surface area contributed by atoms with Crippen LogP contribution in [0, 0.1) is 17.7 Å². The molecule has 150 valence electrons. The number of pyridine rings is 1. The number of ether oxygens (including phenoxy) is 1. The summed E-state index contributed by atoms with van der Waals surface area (Å²) in [4.78, 5) is 3.80. The lowest BCUT2D eigenvalue weighted by Crippen LogP contribution is -2.40. The quantitative estimate of drug-likeness (QED) is 0.407. The summed E-state index contributed by atoms with van der Waals surface area (Å²) in [5.74, 6) is 3.10. The summed E-state index contributed by atoms with van der Waals surface area (Å²) in [5, 5.41) is 9.30. The molecule has 1 aromatic carbocycles. The normalized spacial score (nSPS) is 14.6. The first-order valence-electron chi connectivity index (χ1n) is 7.71. The van der Waals surface area contributed by atoms with Gasteiger partial charge in [0, 0.05) is 28.4 Å². The van der Waals surface area contributed by atoms with Crippen LogP contribution >= 0.6 is 23.2 Å². The smallest absolute Gasteiger partial charge is 0.428 e. The monoisotopic (exact) mass is 436 g/mol. The number of nitrogen functional groups attached to an aromatic ring is 1. The first kappa shape index (κ1) is 22.1. The van der Waals surface area contributed by atoms with Crippen molar-refractivity contribution in [2.24, 2.45) is 0 Å². The minimum absolute atomic E-state index is 0.0114. The molecular formula is C18H14Cl2F4N2O2. The van der Waals surface area contributed by atoms with Gasteiger partial charge in [0.1, 0.15) is 11.9 Å². The van der Waals surface area contributed by atoms with E-state index in [4.69, 9.17) is 33.7 Å². The van der Waals surface area contributed by atoms with Crippen LogP contribution in [0.5, 0.6) is 5.75 Å². The zero-order valence-corrected chi connectivity index (χ0v) is 16.0. The van der Waals surface area contributed by atoms with E-state index in [-0.39, 0.29) is 32.7 Å². The van der Waals surface area contributed by atoms with Crippen molar-refractivity contribution < 1.29 is 27.4 Å². The van der Waals surface area contributed by atoms with Crippen LogP contribution in [0.2, 0.25) is 10.0 Å². The number of nitrogens with two attached hydrogens (primary N) is 1. The Bertz CT molecular complexity index is 953. The van der Waals surface area contributed by atoms with Gasteiger partial charge in [-0.3, -0.25) is 0 Å². The summed E-state index contributed by atoms with van der Waals surface area (Å²) in [6.07, 6.45) is -4.67. The Morgan fingerprint density at radius 2 is 1.93 bits per heavy atom. The van der Waals surface area contributed by atoms with Gasteiger partial charge in [-0.15, -0.1) is 0 Å². The standard InChI is InChI=1S/C18H14Cl2F4N2O2/c1-9(14-11(19)3-4-12(21)15(14)20)28-13-7-10(8-26-16(13)25)5-6-17(2,27)18(22,23)24/h3-4,7-9,27H,1-2H3,(H2,25,26). The minimum Gasteiger partial charge on any atom is -0.482 e. The summed E-state index contributed by atoms with van der Waals surface area (Å²) in [6, 6.07) is 3.64. The van der Waals surface area contributed by atoms with Crippen LogP contribution in [0.1, 0.15) is 31.1 Å². The van der Waals surface area contributed by atoms with Crippen molar-refractivity contribution >= 4 is 29.0 Å². The van der Waals surface area contributed by atoms with E-state index >= 15 is 0 Å². The van der Waals surface area contributed by atoms with Crippen molar-refractivity contribution in [2.75, 3.05) is 5.73 Å². The van der Waals surface area contributed by atoms with E-state index in [1.165, 1.54) is 19.1 Å². The first-order valence-corrected chi connectivity index (χ1v) is 8.47. The Morgan fingerprint density at radius 3 is 2.54 bits per heavy atom. The number of aliphatic hydroxyl groups is 1. The SMILES string of the molecule is CC(Oc1cc(C#CC(C)(O)C(F)(F)F)cnc1N)c1c(Cl)ccc(F)c1Cl. The fourth-order valence-corrected chi connectivity index (χ4v) is 2.73. The number of halogens is 6. The lowest BCUT2D eigenvalue weighted by atomic mass is 10.1. The Hall–Kier alpha value is -2.21. The predicted octanol–water partition coefficient (Wildman–Crippen LogP) is 4.91. The average molecular weight is 437 g/mol. The summed E-state index contributed by atoms with van der Waals surface area (Å²) in [6.45, 7) is 2.05. The van der Waals surface area contributed by atoms with Crippen molar-refractivity contribution in [3.05, 3.63) is 51.4 Å². The third-order valence-corrected chi connectivity index (χ3v) is 4.39. The molecule has 0 aliphatic carbocycles. The van der Waals surface area contributed by atoms with Crippen LogP contribution in [0.4, 0.5) is 23.4 Å². The van der Waals surface area contributed by atoms with E-state index in [0.29, 0.717) is 6.92 Å². The summed E-state index contributed by atoms with van der Waals surface area (Å²) in [7, 11) is 0. The highest BCUT2D eigenvalue weighted by Gasteiger charge is 2.48. The molecule has 0 saturated carbocycles. The number of hydrogen-bond acceptors (Lipinski definition) is 4. The predicted molar refractivity (Wildman–Crippen MR) is 97.7 cm³/mol. The molecule has 2 atom stereocenters. The zero-order chi connectivity index (χ0) is 21.3. The van der Waals surface area contributed by atoms with E-state index in [1.54, 1.807) is 5.92 Å². The van der Waals surface area contributed by atoms with E-state index in [1.807, 2.05) is 0 Å². The van der Waals surface area contributed by atoms with E-state index in [2.05, 4.69) is 10.9 Å². The third-order valence-electron chi connectivity index (χ3n) is 3.67. The van der Waals surface area contributed by atoms with Gasteiger partial charge in [0.2, 0.25) is 5.60 Å². The maximum Gasteiger partial charge on any atom is 0.428 e. The molecule has 0 aliphatic rings. The molecule has 0 saturated heterocycles. The van der Waals surface area contributed by atoms with Crippen LogP contribution in [-0.2, 0) is 0 Å². The highest BCUT2D eigenvalue weighted by Crippen LogP contribution is 2.36. The van der Waals surface area contributed by atoms with Gasteiger partial charge < -0.3 is 15.6 Å². The summed E-state index contributed by atoms with van der Waals surface area (Å²) >= 11 is 12.0. The average Bonchev–Trinajstić information content (AvgIpc) is 2.58. The molecule has 2 aromatic rings. The number of anilines is 1. The maximum absolute atomic E-state index is 13.7. The van der Waals surface area contributed by atoms with Gasteiger partial charge in [-0.25, -0.2) is 9.37 Å². The number of aromatic nitrogens is 1. The fraction of sp³-hybridized carbons (Fsp3) is 0.278. The van der Waals surface area contributed by atoms with E-state index < -0.39 is 23.7 Å². The van der Waals surface area contributed by atoms with Crippen LogP contribution in [-0.4, -0.2) is 21.9 Å². The number of alkyl halides is 3. The molecule has 0 amide bonds. The number of hydrogen-bond donors (Lipinski definition) is 2. The highest BCUT2D eigenvalue weighted by atomic mass is 35.5. The second kappa shape index (κ2) is 8.03. The Balaban J connectivity index is 2.34. The zero-order valence-electron chi connectivity index (χ0n) is 14.5. The van der Waals surface area contributed by atoms with Crippen LogP contribution in [0.3, 0.4) is 0 Å². The van der Waals surface area contributed by atoms with Crippen molar-refractivity contribution in [1.82, 2.24) is 4.98 Å². The fourth-order valence-electron chi connectivity index (χ4n) is 2.05. The molecule has 0 spiro atoms. The first-order chi connectivity index (χ1) is 12.8. The van der Waals surface area contributed by atoms with Crippen molar-refractivity contribution in [3.63, 3.8) is 0 Å². The molecule has 1 aromatic heterocycles. The topological polar surface area (TPSA) is 68.4 Å². The number of nitrogens with zero attached hydrogens (tertiary/aromatic N) is 1. The second-order valence-electron chi connectivity index (χ2n) is 5.94. The largest absolute Gasteiger partial charge is 0.482 e. The van der Waals surface area contributed by atoms with Gasteiger partial charge in [-0.1, -0.05) is 35.0 Å². The van der Waals surface area contributed by atoms with Gasteiger partial charge in [0.25, 0.3) is 0 Å². The Kier molecular flexibility index (Phi) is 6.34. The molecule has 3 N–H and O–H groups in total. The van der Waals surface area contributed by atoms with Crippen molar-refractivity contribution in [2.45, 2.75) is 31.7 Å². The van der Waals surface area contributed by atoms with Gasteiger partial charge in [0.15, 0.2) is 11.6 Å². The molecule has 4 nitrogen and oxygen atoms in total. The maximum atomic E-state index is 13.7. The van der Waals surface area contributed by atoms with E-state index in [9.17, 15) is 22.7 Å². The van der Waals surface area contributed by atoms with Crippen molar-refractivity contribution in [1.29, 1.82) is 0 Å². The molecule has 1 heterocycles. The molecule has 0 aliphatic heterocycles. The molecule has 10 heteroatoms. The van der Waals surface area contributed by atoms with Crippen LogP contribution in [0.25, 0.3) is 0 Å². The summed E-state index contributed by atoms with van der Waals surface area (Å²) in [5.41, 5.74) is 2.69. The van der Waals surface area contributed by atoms with Crippen LogP contribution in [0.15, 0.2) is 24.4 Å². The van der Waals surface area contributed by atoms with E-state index in [0.717, 1.165) is 12.3 Å². The Labute approximate surface area is 168 Å². The number of rotatable bonds is 3. The van der Waals surface area contributed by atoms with Crippen molar-refractivity contribution in [3.8, 4) is 17.6 Å². The highest BCUT2D eigenvalue weighted by molar-refractivity contribution is 6.36. The summed E-state index contributed by atoms with van der Waals surface area (Å²) < 4.78 is 57.3. The molecular weight excluding hydrogens is 423 g/mol. The Morgan fingerprint density at radius 1 is 1.29 bits per heavy atom. The molecule has 0 fully saturated rings.